The second kappa shape index (κ2) is 5.50. The Morgan fingerprint density at radius 2 is 2.00 bits per heavy atom. The lowest BCUT2D eigenvalue weighted by Crippen LogP contribution is -2.01. The molecule has 2 N–H and O–H groups in total. The number of benzene rings is 2. The van der Waals surface area contributed by atoms with Crippen LogP contribution in [0.25, 0.3) is 22.2 Å². The van der Waals surface area contributed by atoms with Crippen molar-refractivity contribution in [1.29, 1.82) is 0 Å². The monoisotopic (exact) mass is 313 g/mol. The molecule has 3 aromatic rings. The molecule has 0 aliphatic rings. The number of aromatic nitrogens is 1. The Labute approximate surface area is 133 Å². The summed E-state index contributed by atoms with van der Waals surface area (Å²) in [7, 11) is 0. The molecule has 0 atom stereocenters. The lowest BCUT2D eigenvalue weighted by molar-refractivity contribution is -0.136. The minimum atomic E-state index is -0.868. The van der Waals surface area contributed by atoms with Crippen molar-refractivity contribution < 1.29 is 9.90 Å². The number of aliphatic carboxylic acids is 1. The Balaban J connectivity index is 2.36. The van der Waals surface area contributed by atoms with Crippen molar-refractivity contribution in [1.82, 2.24) is 4.98 Å². The molecule has 0 saturated carbocycles. The number of hydrogen-bond acceptors (Lipinski definition) is 1. The Kier molecular flexibility index (Phi) is 3.67. The molecule has 1 heterocycles. The Morgan fingerprint density at radius 1 is 1.23 bits per heavy atom. The van der Waals surface area contributed by atoms with Gasteiger partial charge in [-0.15, -0.1) is 0 Å². The second-order valence-corrected chi connectivity index (χ2v) is 5.94. The zero-order valence-corrected chi connectivity index (χ0v) is 13.2. The lowest BCUT2D eigenvalue weighted by Gasteiger charge is -2.04. The average molecular weight is 314 g/mol. The van der Waals surface area contributed by atoms with Crippen LogP contribution in [-0.2, 0) is 11.2 Å². The van der Waals surface area contributed by atoms with Gasteiger partial charge in [-0.2, -0.15) is 0 Å². The Hall–Kier alpha value is -2.26. The van der Waals surface area contributed by atoms with Crippen molar-refractivity contribution in [3.63, 3.8) is 0 Å². The van der Waals surface area contributed by atoms with E-state index in [0.29, 0.717) is 5.02 Å². The van der Waals surface area contributed by atoms with Gasteiger partial charge in [0.15, 0.2) is 0 Å². The Bertz CT molecular complexity index is 880. The molecule has 2 aromatic carbocycles. The zero-order chi connectivity index (χ0) is 15.9. The number of aromatic amines is 1. The predicted octanol–water partition coefficient (Wildman–Crippen LogP) is 4.73. The number of halogens is 1. The van der Waals surface area contributed by atoms with Crippen LogP contribution in [0, 0.1) is 13.8 Å². The molecule has 0 spiro atoms. The third-order valence-corrected chi connectivity index (χ3v) is 4.17. The molecule has 0 radical (unpaired) electrons. The highest BCUT2D eigenvalue weighted by Crippen LogP contribution is 2.36. The van der Waals surface area contributed by atoms with Gasteiger partial charge in [-0.3, -0.25) is 4.79 Å². The van der Waals surface area contributed by atoms with Gasteiger partial charge >= 0.3 is 5.97 Å². The van der Waals surface area contributed by atoms with E-state index in [1.807, 2.05) is 50.2 Å². The number of H-pyrrole nitrogens is 1. The molecule has 3 rings (SSSR count). The first kappa shape index (κ1) is 14.7. The molecule has 3 nitrogen and oxygen atoms in total. The number of nitrogens with one attached hydrogen (secondary N) is 1. The average Bonchev–Trinajstić information content (AvgIpc) is 2.83. The maximum atomic E-state index is 11.3. The summed E-state index contributed by atoms with van der Waals surface area (Å²) >= 11 is 6.34. The molecule has 0 aliphatic heterocycles. The topological polar surface area (TPSA) is 53.1 Å². The number of rotatable bonds is 3. The molecular formula is C18H16ClNO2. The lowest BCUT2D eigenvalue weighted by atomic mass is 10.0. The maximum absolute atomic E-state index is 11.3. The summed E-state index contributed by atoms with van der Waals surface area (Å²) in [6.45, 7) is 4.00. The predicted molar refractivity (Wildman–Crippen MR) is 89.6 cm³/mol. The highest BCUT2D eigenvalue weighted by molar-refractivity contribution is 6.36. The molecule has 0 bridgehead atoms. The van der Waals surface area contributed by atoms with Crippen LogP contribution < -0.4 is 0 Å². The van der Waals surface area contributed by atoms with Crippen molar-refractivity contribution in [3.05, 3.63) is 58.1 Å². The molecule has 0 fully saturated rings. The van der Waals surface area contributed by atoms with Gasteiger partial charge in [0.1, 0.15) is 0 Å². The van der Waals surface area contributed by atoms with E-state index in [1.165, 1.54) is 0 Å². The van der Waals surface area contributed by atoms with Gasteiger partial charge < -0.3 is 10.1 Å². The fourth-order valence-electron chi connectivity index (χ4n) is 2.84. The van der Waals surface area contributed by atoms with Gasteiger partial charge in [0.2, 0.25) is 0 Å². The van der Waals surface area contributed by atoms with Gasteiger partial charge in [-0.1, -0.05) is 41.4 Å². The van der Waals surface area contributed by atoms with Crippen LogP contribution in [-0.4, -0.2) is 16.1 Å². The number of carboxylic acid groups (broad SMARTS) is 1. The minimum absolute atomic E-state index is 0.0630. The maximum Gasteiger partial charge on any atom is 0.307 e. The molecular weight excluding hydrogens is 298 g/mol. The third-order valence-electron chi connectivity index (χ3n) is 3.85. The van der Waals surface area contributed by atoms with Crippen molar-refractivity contribution >= 4 is 28.5 Å². The molecule has 0 saturated heterocycles. The molecule has 4 heteroatoms. The molecule has 1 aromatic heterocycles. The summed E-state index contributed by atoms with van der Waals surface area (Å²) in [5, 5.41) is 10.7. The number of fused-ring (bicyclic) bond motifs is 1. The Morgan fingerprint density at radius 3 is 2.68 bits per heavy atom. The van der Waals surface area contributed by atoms with E-state index in [4.69, 9.17) is 11.6 Å². The number of carbonyl (C=O) groups is 1. The standard InChI is InChI=1S/C18H16ClNO2/c1-10-4-3-5-12(8-10)18-13(9-15(21)22)16-14(19)7-6-11(2)17(16)20-18/h3-8,20H,9H2,1-2H3,(H,21,22). The summed E-state index contributed by atoms with van der Waals surface area (Å²) in [5.41, 5.74) is 5.62. The quantitative estimate of drug-likeness (QED) is 0.734. The van der Waals surface area contributed by atoms with E-state index in [9.17, 15) is 9.90 Å². The smallest absolute Gasteiger partial charge is 0.307 e. The normalized spacial score (nSPS) is 11.0. The molecule has 112 valence electrons. The van der Waals surface area contributed by atoms with Crippen LogP contribution in [0.15, 0.2) is 36.4 Å². The van der Waals surface area contributed by atoms with Crippen molar-refractivity contribution in [2.24, 2.45) is 0 Å². The largest absolute Gasteiger partial charge is 0.481 e. The molecule has 0 aliphatic carbocycles. The summed E-state index contributed by atoms with van der Waals surface area (Å²) in [5.74, 6) is -0.868. The first-order chi connectivity index (χ1) is 10.5. The summed E-state index contributed by atoms with van der Waals surface area (Å²) in [4.78, 5) is 14.7. The van der Waals surface area contributed by atoms with Crippen LogP contribution in [0.5, 0.6) is 0 Å². The van der Waals surface area contributed by atoms with Crippen LogP contribution in [0.4, 0.5) is 0 Å². The minimum Gasteiger partial charge on any atom is -0.481 e. The number of aryl methyl sites for hydroxylation is 2. The van der Waals surface area contributed by atoms with Crippen molar-refractivity contribution in [2.45, 2.75) is 20.3 Å². The summed E-state index contributed by atoms with van der Waals surface area (Å²) in [6, 6.07) is 11.8. The second-order valence-electron chi connectivity index (χ2n) is 5.53. The van der Waals surface area contributed by atoms with E-state index in [0.717, 1.165) is 38.9 Å². The van der Waals surface area contributed by atoms with E-state index in [1.54, 1.807) is 0 Å². The van der Waals surface area contributed by atoms with Crippen LogP contribution in [0.2, 0.25) is 5.02 Å². The van der Waals surface area contributed by atoms with E-state index >= 15 is 0 Å². The van der Waals surface area contributed by atoms with Crippen LogP contribution >= 0.6 is 11.6 Å². The summed E-state index contributed by atoms with van der Waals surface area (Å²) < 4.78 is 0. The van der Waals surface area contributed by atoms with Crippen molar-refractivity contribution in [3.8, 4) is 11.3 Å². The first-order valence-electron chi connectivity index (χ1n) is 7.06. The van der Waals surface area contributed by atoms with E-state index < -0.39 is 5.97 Å². The van der Waals surface area contributed by atoms with E-state index in [-0.39, 0.29) is 6.42 Å². The van der Waals surface area contributed by atoms with Crippen LogP contribution in [0.1, 0.15) is 16.7 Å². The highest BCUT2D eigenvalue weighted by atomic mass is 35.5. The third kappa shape index (κ3) is 2.48. The fraction of sp³-hybridized carbons (Fsp3) is 0.167. The van der Waals surface area contributed by atoms with Gasteiger partial charge in [-0.05, 0) is 42.7 Å². The number of carboxylic acids is 1. The SMILES string of the molecule is Cc1cccc(-c2[nH]c3c(C)ccc(Cl)c3c2CC(=O)O)c1. The van der Waals surface area contributed by atoms with Crippen LogP contribution in [0.3, 0.4) is 0 Å². The van der Waals surface area contributed by atoms with Gasteiger partial charge in [0, 0.05) is 5.39 Å². The van der Waals surface area contributed by atoms with Gasteiger partial charge in [0.25, 0.3) is 0 Å². The first-order valence-corrected chi connectivity index (χ1v) is 7.43. The number of hydrogen-bond donors (Lipinski definition) is 2. The molecule has 0 unspecified atom stereocenters. The molecule has 0 amide bonds. The van der Waals surface area contributed by atoms with Gasteiger partial charge in [0.05, 0.1) is 22.7 Å². The van der Waals surface area contributed by atoms with Crippen molar-refractivity contribution in [2.75, 3.05) is 0 Å². The van der Waals surface area contributed by atoms with Gasteiger partial charge in [-0.25, -0.2) is 0 Å². The van der Waals surface area contributed by atoms with E-state index in [2.05, 4.69) is 4.98 Å². The fourth-order valence-corrected chi connectivity index (χ4v) is 3.11. The molecule has 22 heavy (non-hydrogen) atoms. The highest BCUT2D eigenvalue weighted by Gasteiger charge is 2.19. The summed E-state index contributed by atoms with van der Waals surface area (Å²) in [6.07, 6.45) is -0.0630. The zero-order valence-electron chi connectivity index (χ0n) is 12.4.